The summed E-state index contributed by atoms with van der Waals surface area (Å²) < 4.78 is 47.4. The van der Waals surface area contributed by atoms with Gasteiger partial charge >= 0.3 is 5.97 Å². The topological polar surface area (TPSA) is 258 Å². The molecule has 0 spiro atoms. The molecule has 3 aromatic rings. The fourth-order valence-corrected chi connectivity index (χ4v) is 6.38. The maximum Gasteiger partial charge on any atom is 0.351 e. The Morgan fingerprint density at radius 2 is 2.10 bits per heavy atom. The summed E-state index contributed by atoms with van der Waals surface area (Å²) in [5.41, 5.74) is 12.2. The molecule has 0 bridgehead atoms. The Morgan fingerprint density at radius 3 is 2.73 bits per heavy atom. The fraction of sp³-hybridized carbons (Fsp3) is 0.429. The van der Waals surface area contributed by atoms with Gasteiger partial charge in [0.1, 0.15) is 23.6 Å². The number of hydrogen-bond donors (Lipinski definition) is 4. The molecule has 2 aliphatic rings. The molecule has 0 saturated carbocycles. The number of aromatic nitrogens is 3. The number of nitrogens with one attached hydrogen (secondary N) is 1. The molecule has 2 aromatic heterocycles. The first-order chi connectivity index (χ1) is 22.6. The molecule has 18 nitrogen and oxygen atoms in total. The quantitative estimate of drug-likeness (QED) is 0.0434. The minimum Gasteiger partial charge on any atom is -0.724 e. The van der Waals surface area contributed by atoms with Crippen LogP contribution in [0.5, 0.6) is 5.75 Å². The van der Waals surface area contributed by atoms with E-state index < -0.39 is 57.7 Å². The van der Waals surface area contributed by atoms with Gasteiger partial charge in [0.2, 0.25) is 16.6 Å². The zero-order chi connectivity index (χ0) is 35.0. The number of aliphatic carboxylic acids is 1. The summed E-state index contributed by atoms with van der Waals surface area (Å²) in [4.78, 5) is 47.7. The van der Waals surface area contributed by atoms with Crippen LogP contribution >= 0.6 is 11.3 Å². The number of thiazole rings is 1. The lowest BCUT2D eigenvalue weighted by Gasteiger charge is -2.51. The number of carbonyl (C=O) groups excluding carboxylic acids is 2. The smallest absolute Gasteiger partial charge is 0.351 e. The largest absolute Gasteiger partial charge is 0.724 e. The Morgan fingerprint density at radius 1 is 1.35 bits per heavy atom. The van der Waals surface area contributed by atoms with Crippen LogP contribution in [0.1, 0.15) is 37.9 Å². The average molecular weight is 707 g/mol. The number of hydroxylamine groups is 2. The summed E-state index contributed by atoms with van der Waals surface area (Å²) in [5.74, 6) is -2.98. The van der Waals surface area contributed by atoms with E-state index in [9.17, 15) is 32.5 Å². The summed E-state index contributed by atoms with van der Waals surface area (Å²) in [6.07, 6.45) is 2.95. The maximum absolute atomic E-state index is 13.4. The van der Waals surface area contributed by atoms with Crippen LogP contribution in [0, 0.1) is 0 Å². The van der Waals surface area contributed by atoms with Crippen molar-refractivity contribution in [2.45, 2.75) is 63.4 Å². The summed E-state index contributed by atoms with van der Waals surface area (Å²) in [6.45, 7) is 4.06. The van der Waals surface area contributed by atoms with Crippen molar-refractivity contribution in [1.29, 1.82) is 0 Å². The number of nitrogen functional groups attached to an aromatic ring is 1. The Labute approximate surface area is 278 Å². The van der Waals surface area contributed by atoms with E-state index >= 15 is 0 Å². The molecule has 5 rings (SSSR count). The van der Waals surface area contributed by atoms with Crippen molar-refractivity contribution in [3.8, 4) is 16.9 Å². The second kappa shape index (κ2) is 13.5. The first-order valence-electron chi connectivity index (χ1n) is 14.6. The van der Waals surface area contributed by atoms with E-state index in [1.165, 1.54) is 19.2 Å². The van der Waals surface area contributed by atoms with Crippen LogP contribution < -0.4 is 26.2 Å². The summed E-state index contributed by atoms with van der Waals surface area (Å²) in [7, 11) is -3.32. The maximum atomic E-state index is 13.4. The van der Waals surface area contributed by atoms with Gasteiger partial charge in [-0.2, -0.15) is 14.0 Å². The number of carbonyl (C=O) groups is 3. The van der Waals surface area contributed by atoms with E-state index in [1.807, 2.05) is 36.3 Å². The average Bonchev–Trinajstić information content (AvgIpc) is 3.63. The number of fused-ring (bicyclic) bond motifs is 1. The number of β-lactam (4-membered cyclic amide) rings is 1. The van der Waals surface area contributed by atoms with Crippen LogP contribution in [-0.2, 0) is 53.9 Å². The molecule has 0 radical (unpaired) electrons. The molecule has 2 amide bonds. The van der Waals surface area contributed by atoms with Gasteiger partial charge in [-0.1, -0.05) is 11.2 Å². The van der Waals surface area contributed by atoms with E-state index in [2.05, 4.69) is 24.4 Å². The van der Waals surface area contributed by atoms with Crippen molar-refractivity contribution < 1.29 is 51.0 Å². The Balaban J connectivity index is 1.32. The number of amides is 2. The Hall–Kier alpha value is -4.63. The second-order valence-electron chi connectivity index (χ2n) is 11.7. The normalized spacial score (nSPS) is 19.6. The van der Waals surface area contributed by atoms with Gasteiger partial charge in [-0.15, -0.1) is 16.0 Å². The minimum atomic E-state index is -5.27. The van der Waals surface area contributed by atoms with Crippen LogP contribution in [0.2, 0.25) is 0 Å². The highest BCUT2D eigenvalue weighted by Crippen LogP contribution is 2.34. The Kier molecular flexibility index (Phi) is 9.74. The van der Waals surface area contributed by atoms with Gasteiger partial charge in [0.25, 0.3) is 17.9 Å². The lowest BCUT2D eigenvalue weighted by atomic mass is 9.84. The van der Waals surface area contributed by atoms with Gasteiger partial charge in [-0.25, -0.2) is 18.2 Å². The highest BCUT2D eigenvalue weighted by molar-refractivity contribution is 7.80. The van der Waals surface area contributed by atoms with Crippen molar-refractivity contribution in [1.82, 2.24) is 20.0 Å². The molecule has 258 valence electrons. The summed E-state index contributed by atoms with van der Waals surface area (Å²) >= 11 is 0.967. The number of carboxylic acids is 1. The number of benzene rings is 1. The first-order valence-corrected chi connectivity index (χ1v) is 16.8. The zero-order valence-electron chi connectivity index (χ0n) is 26.1. The van der Waals surface area contributed by atoms with E-state index in [-0.39, 0.29) is 17.2 Å². The number of anilines is 1. The molecule has 4 heterocycles. The number of nitrogens with zero attached hydrogens (tertiary/aromatic N) is 5. The van der Waals surface area contributed by atoms with Crippen molar-refractivity contribution in [2.75, 3.05) is 12.3 Å². The predicted octanol–water partition coefficient (Wildman–Crippen LogP) is -0.568. The van der Waals surface area contributed by atoms with Crippen molar-refractivity contribution in [3.63, 3.8) is 0 Å². The highest BCUT2D eigenvalue weighted by Gasteiger charge is 2.57. The van der Waals surface area contributed by atoms with E-state index in [0.29, 0.717) is 23.8 Å². The minimum absolute atomic E-state index is 0.0630. The molecule has 3 atom stereocenters. The fourth-order valence-electron chi connectivity index (χ4n) is 5.39. The van der Waals surface area contributed by atoms with Crippen LogP contribution in [0.25, 0.3) is 11.1 Å². The molecule has 2 unspecified atom stereocenters. The van der Waals surface area contributed by atoms with Gasteiger partial charge < -0.3 is 36.0 Å². The van der Waals surface area contributed by atoms with Gasteiger partial charge in [0.15, 0.2) is 17.9 Å². The molecule has 0 aliphatic carbocycles. The second-order valence-corrected chi connectivity index (χ2v) is 13.5. The van der Waals surface area contributed by atoms with Gasteiger partial charge in [-0.05, 0) is 62.9 Å². The molecule has 2 aliphatic heterocycles. The lowest BCUT2D eigenvalue weighted by Crippen LogP contribution is -2.76. The molecule has 1 aromatic carbocycles. The van der Waals surface area contributed by atoms with Crippen molar-refractivity contribution in [3.05, 3.63) is 47.2 Å². The molecular formula is C28H34N8O10S2. The first kappa shape index (κ1) is 34.7. The molecule has 6 N–H and O–H groups in total. The number of hydrogen-bond acceptors (Lipinski definition) is 14. The number of aryl methyl sites for hydroxylation is 3. The number of nitrogens with two attached hydrogens (primary N) is 2. The molecule has 1 fully saturated rings. The predicted molar refractivity (Wildman–Crippen MR) is 167 cm³/mol. The lowest BCUT2D eigenvalue weighted by molar-refractivity contribution is -0.753. The van der Waals surface area contributed by atoms with Gasteiger partial charge in [0.05, 0.1) is 23.8 Å². The summed E-state index contributed by atoms with van der Waals surface area (Å²) in [6, 6.07) is 4.27. The molecule has 20 heteroatoms. The third kappa shape index (κ3) is 7.26. The third-order valence-electron chi connectivity index (χ3n) is 7.92. The number of rotatable bonds is 13. The monoisotopic (exact) mass is 706 g/mol. The van der Waals surface area contributed by atoms with Crippen LogP contribution in [-0.4, -0.2) is 86.6 Å². The number of carboxylic acid groups (broad SMARTS) is 1. The number of oxime groups is 1. The SMILES string of the molecule is C[n+]1cc(-c2ccc3c(c2)CCC([C@H](O/N=C(\C(=O)NC2C(=O)N(OS(=O)(=O)[O-])C2(C)C)c2csc(N)n2)C(=O)O)O3)cn1CCCN. The molecule has 1 saturated heterocycles. The van der Waals surface area contributed by atoms with Gasteiger partial charge in [-0.3, -0.25) is 9.59 Å². The van der Waals surface area contributed by atoms with Crippen molar-refractivity contribution >= 4 is 50.4 Å². The Bertz CT molecular complexity index is 1870. The standard InChI is InChI=1S/C28H34N8O10S2/c1-28(2)23(25(38)36(28)46-48(41,42)43)32-24(37)21(18-14-47-27(30)31-18)33-45-22(26(39)40)20-8-6-16-11-15(5-7-19(16)44-20)17-12-34(3)35(13-17)10-4-9-29/h5,7,11-14,20,22-23H,4,6,8-10,29H2,1-3H3,(H4-,30,31,32,37,39,40,41,42,43)/b33-21-/t20?,22-,23?/m0/s1. The van der Waals surface area contributed by atoms with Crippen LogP contribution in [0.3, 0.4) is 0 Å². The molecular weight excluding hydrogens is 672 g/mol. The highest BCUT2D eigenvalue weighted by atomic mass is 32.3. The van der Waals surface area contributed by atoms with Gasteiger partial charge in [0, 0.05) is 5.38 Å². The van der Waals surface area contributed by atoms with E-state index in [4.69, 9.17) is 21.0 Å². The zero-order valence-corrected chi connectivity index (χ0v) is 27.7. The van der Waals surface area contributed by atoms with E-state index in [0.717, 1.165) is 41.0 Å². The van der Waals surface area contributed by atoms with E-state index in [1.54, 1.807) is 6.07 Å². The van der Waals surface area contributed by atoms with Crippen LogP contribution in [0.4, 0.5) is 5.13 Å². The van der Waals surface area contributed by atoms with Crippen molar-refractivity contribution in [2.24, 2.45) is 17.9 Å². The molecule has 48 heavy (non-hydrogen) atoms. The number of ether oxygens (including phenoxy) is 1. The summed E-state index contributed by atoms with van der Waals surface area (Å²) in [5, 5.41) is 18.0. The third-order valence-corrected chi connectivity index (χ3v) is 8.92. The van der Waals surface area contributed by atoms with Crippen LogP contribution in [0.15, 0.2) is 41.1 Å².